The van der Waals surface area contributed by atoms with E-state index in [-0.39, 0.29) is 21.9 Å². The van der Waals surface area contributed by atoms with Crippen molar-refractivity contribution in [2.45, 2.75) is 0 Å². The Hall–Kier alpha value is -1.23. The third-order valence-corrected chi connectivity index (χ3v) is 2.21. The fourth-order valence-corrected chi connectivity index (χ4v) is 1.62. The highest BCUT2D eigenvalue weighted by molar-refractivity contribution is 7.85. The van der Waals surface area contributed by atoms with Gasteiger partial charge < -0.3 is 4.74 Å². The molecular weight excluding hydrogens is 217 g/mol. The maximum absolute atomic E-state index is 13.4. The fourth-order valence-electron chi connectivity index (χ4n) is 1.07. The summed E-state index contributed by atoms with van der Waals surface area (Å²) in [6.45, 7) is 0. The molecule has 0 saturated carbocycles. The van der Waals surface area contributed by atoms with E-state index in [9.17, 15) is 9.18 Å². The van der Waals surface area contributed by atoms with Gasteiger partial charge in [-0.1, -0.05) is 6.07 Å². The number of carbonyl (C=O) groups is 1. The smallest absolute Gasteiger partial charge is 0.340 e. The lowest BCUT2D eigenvalue weighted by Crippen LogP contribution is -2.02. The minimum atomic E-state index is -0.571. The first-order chi connectivity index (χ1) is 7.06. The van der Waals surface area contributed by atoms with Crippen LogP contribution in [0.2, 0.25) is 0 Å². The maximum atomic E-state index is 13.4. The molecule has 0 heterocycles. The Kier molecular flexibility index (Phi) is 3.96. The van der Waals surface area contributed by atoms with Gasteiger partial charge in [0.15, 0.2) is 0 Å². The summed E-state index contributed by atoms with van der Waals surface area (Å²) in [4.78, 5) is 11.3. The highest BCUT2D eigenvalue weighted by Crippen LogP contribution is 2.24. The van der Waals surface area contributed by atoms with E-state index in [0.717, 1.165) is 0 Å². The molecule has 1 aromatic carbocycles. The monoisotopic (exact) mass is 229 g/mol. The molecule has 0 spiro atoms. The van der Waals surface area contributed by atoms with E-state index >= 15 is 0 Å². The minimum absolute atomic E-state index is 0.0812. The molecule has 0 aliphatic heterocycles. The van der Waals surface area contributed by atoms with Crippen LogP contribution in [0.4, 0.5) is 10.1 Å². The Morgan fingerprint density at radius 2 is 2.13 bits per heavy atom. The fraction of sp³-hybridized carbons (Fsp3) is 0.300. The van der Waals surface area contributed by atoms with Gasteiger partial charge in [0.25, 0.3) is 0 Å². The molecule has 0 saturated heterocycles. The Balaban J connectivity index is 3.33. The van der Waals surface area contributed by atoms with Gasteiger partial charge in [0.05, 0.1) is 12.7 Å². The predicted molar refractivity (Wildman–Crippen MR) is 59.0 cm³/mol. The summed E-state index contributed by atoms with van der Waals surface area (Å²) in [5.41, 5.74) is 0.247. The second kappa shape index (κ2) is 5.02. The molecule has 3 nitrogen and oxygen atoms in total. The standard InChI is InChI=1S/C10H12FNO2S/c1-14-10(13)7-5-4-6-8(11)9(7)12-15(2)3/h4-6H,1-3H3. The van der Waals surface area contributed by atoms with Crippen molar-refractivity contribution in [2.24, 2.45) is 4.36 Å². The number of nitrogens with zero attached hydrogens (tertiary/aromatic N) is 1. The first-order valence-corrected chi connectivity index (χ1v) is 6.22. The van der Waals surface area contributed by atoms with Crippen molar-refractivity contribution < 1.29 is 13.9 Å². The van der Waals surface area contributed by atoms with Crippen molar-refractivity contribution in [3.8, 4) is 0 Å². The van der Waals surface area contributed by atoms with Crippen molar-refractivity contribution >= 4 is 22.3 Å². The summed E-state index contributed by atoms with van der Waals surface area (Å²) >= 11 is 0. The highest BCUT2D eigenvalue weighted by Gasteiger charge is 2.14. The number of rotatable bonds is 2. The van der Waals surface area contributed by atoms with Gasteiger partial charge in [-0.2, -0.15) is 0 Å². The number of carbonyl (C=O) groups excluding carboxylic acids is 1. The quantitative estimate of drug-likeness (QED) is 0.730. The molecule has 1 rings (SSSR count). The molecule has 0 aromatic heterocycles. The number of ether oxygens (including phenoxy) is 1. The summed E-state index contributed by atoms with van der Waals surface area (Å²) in [5.74, 6) is -1.07. The molecule has 0 atom stereocenters. The highest BCUT2D eigenvalue weighted by atomic mass is 32.2. The second-order valence-corrected chi connectivity index (χ2v) is 4.72. The van der Waals surface area contributed by atoms with Gasteiger partial charge in [-0.25, -0.2) is 13.5 Å². The lowest BCUT2D eigenvalue weighted by Gasteiger charge is -2.04. The van der Waals surface area contributed by atoms with Gasteiger partial charge in [0.2, 0.25) is 0 Å². The summed E-state index contributed by atoms with van der Waals surface area (Å²) in [6, 6.07) is 4.24. The average molecular weight is 229 g/mol. The molecule has 0 radical (unpaired) electrons. The van der Waals surface area contributed by atoms with Crippen LogP contribution in [-0.4, -0.2) is 25.6 Å². The number of esters is 1. The topological polar surface area (TPSA) is 38.7 Å². The Labute approximate surface area is 90.4 Å². The first-order valence-electron chi connectivity index (χ1n) is 4.22. The summed E-state index contributed by atoms with van der Waals surface area (Å²) < 4.78 is 22.0. The van der Waals surface area contributed by atoms with Crippen molar-refractivity contribution in [1.29, 1.82) is 0 Å². The molecule has 0 aliphatic rings. The first kappa shape index (κ1) is 11.8. The molecule has 0 bridgehead atoms. The van der Waals surface area contributed by atoms with Crippen LogP contribution in [-0.2, 0) is 15.4 Å². The van der Waals surface area contributed by atoms with E-state index < -0.39 is 11.8 Å². The van der Waals surface area contributed by atoms with Gasteiger partial charge in [-0.15, -0.1) is 10.7 Å². The van der Waals surface area contributed by atoms with Crippen molar-refractivity contribution in [1.82, 2.24) is 0 Å². The number of halogens is 1. The van der Waals surface area contributed by atoms with E-state index in [1.165, 1.54) is 25.3 Å². The lowest BCUT2D eigenvalue weighted by molar-refractivity contribution is 0.0601. The van der Waals surface area contributed by atoms with Gasteiger partial charge in [0.1, 0.15) is 11.5 Å². The number of methoxy groups -OCH3 is 1. The minimum Gasteiger partial charge on any atom is -0.465 e. The molecule has 82 valence electrons. The van der Waals surface area contributed by atoms with Crippen LogP contribution in [0.1, 0.15) is 10.4 Å². The third kappa shape index (κ3) is 2.86. The molecule has 1 aromatic rings. The maximum Gasteiger partial charge on any atom is 0.340 e. The summed E-state index contributed by atoms with van der Waals surface area (Å²) in [6.07, 6.45) is 3.68. The van der Waals surface area contributed by atoms with Crippen LogP contribution in [0.5, 0.6) is 0 Å². The Bertz CT molecular complexity index is 414. The van der Waals surface area contributed by atoms with Crippen molar-refractivity contribution in [3.05, 3.63) is 29.6 Å². The SMILES string of the molecule is COC(=O)c1cccc(F)c1N=S(C)C. The van der Waals surface area contributed by atoms with Crippen molar-refractivity contribution in [3.63, 3.8) is 0 Å². The molecule has 15 heavy (non-hydrogen) atoms. The summed E-state index contributed by atoms with van der Waals surface area (Å²) in [5, 5.41) is 0. The number of benzene rings is 1. The van der Waals surface area contributed by atoms with Gasteiger partial charge in [0, 0.05) is 0 Å². The van der Waals surface area contributed by atoms with Crippen LogP contribution in [0.25, 0.3) is 0 Å². The molecule has 0 amide bonds. The lowest BCUT2D eigenvalue weighted by atomic mass is 10.2. The van der Waals surface area contributed by atoms with Crippen LogP contribution >= 0.6 is 0 Å². The van der Waals surface area contributed by atoms with Gasteiger partial charge in [-0.05, 0) is 24.6 Å². The molecule has 0 aliphatic carbocycles. The number of hydrogen-bond donors (Lipinski definition) is 0. The van der Waals surface area contributed by atoms with E-state index in [4.69, 9.17) is 0 Å². The second-order valence-electron chi connectivity index (χ2n) is 2.99. The molecule has 0 unspecified atom stereocenters. The zero-order valence-corrected chi connectivity index (χ0v) is 9.60. The van der Waals surface area contributed by atoms with Crippen LogP contribution < -0.4 is 0 Å². The Morgan fingerprint density at radius 1 is 1.47 bits per heavy atom. The number of hydrogen-bond acceptors (Lipinski definition) is 3. The van der Waals surface area contributed by atoms with Crippen LogP contribution in [0.3, 0.4) is 0 Å². The van der Waals surface area contributed by atoms with E-state index in [2.05, 4.69) is 9.10 Å². The zero-order valence-electron chi connectivity index (χ0n) is 8.78. The molecule has 0 N–H and O–H groups in total. The largest absolute Gasteiger partial charge is 0.465 e. The molecule has 0 fully saturated rings. The van der Waals surface area contributed by atoms with Crippen molar-refractivity contribution in [2.75, 3.05) is 19.6 Å². The predicted octanol–water partition coefficient (Wildman–Crippen LogP) is 2.31. The average Bonchev–Trinajstić information content (AvgIpc) is 2.19. The molecule has 5 heteroatoms. The normalized spacial score (nSPS) is 10.2. The van der Waals surface area contributed by atoms with Crippen LogP contribution in [0.15, 0.2) is 22.6 Å². The van der Waals surface area contributed by atoms with E-state index in [1.807, 2.05) is 12.5 Å². The third-order valence-electron chi connectivity index (χ3n) is 1.67. The summed E-state index contributed by atoms with van der Waals surface area (Å²) in [7, 11) is 0.930. The van der Waals surface area contributed by atoms with Gasteiger partial charge >= 0.3 is 5.97 Å². The van der Waals surface area contributed by atoms with Gasteiger partial charge in [-0.3, -0.25) is 0 Å². The van der Waals surface area contributed by atoms with Crippen LogP contribution in [0, 0.1) is 5.82 Å². The van der Waals surface area contributed by atoms with E-state index in [0.29, 0.717) is 0 Å². The van der Waals surface area contributed by atoms with E-state index in [1.54, 1.807) is 0 Å². The molecular formula is C10H12FNO2S. The zero-order chi connectivity index (χ0) is 11.4. The Morgan fingerprint density at radius 3 is 2.67 bits per heavy atom.